The van der Waals surface area contributed by atoms with Gasteiger partial charge in [0.05, 0.1) is 12.2 Å². The van der Waals surface area contributed by atoms with E-state index in [0.717, 1.165) is 71.3 Å². The number of carbonyl (C=O) groups excluding carboxylic acids is 1. The van der Waals surface area contributed by atoms with Crippen LogP contribution < -0.4 is 0 Å². The fourth-order valence-corrected chi connectivity index (χ4v) is 3.96. The van der Waals surface area contributed by atoms with Crippen LogP contribution in [0.1, 0.15) is 44.9 Å². The molecular formula is C16H28N2O3. The van der Waals surface area contributed by atoms with Gasteiger partial charge in [-0.2, -0.15) is 0 Å². The van der Waals surface area contributed by atoms with Crippen LogP contribution in [0.2, 0.25) is 0 Å². The fourth-order valence-electron chi connectivity index (χ4n) is 3.96. The van der Waals surface area contributed by atoms with Gasteiger partial charge in [0.2, 0.25) is 5.91 Å². The number of carbonyl (C=O) groups is 1. The zero-order valence-corrected chi connectivity index (χ0v) is 12.9. The van der Waals surface area contributed by atoms with Crippen molar-refractivity contribution in [2.24, 2.45) is 0 Å². The number of rotatable bonds is 4. The molecule has 3 rings (SSSR count). The summed E-state index contributed by atoms with van der Waals surface area (Å²) >= 11 is 0. The number of aliphatic hydroxyl groups excluding tert-OH is 1. The van der Waals surface area contributed by atoms with Gasteiger partial charge in [0.25, 0.3) is 0 Å². The number of amides is 1. The fraction of sp³-hybridized carbons (Fsp3) is 0.938. The van der Waals surface area contributed by atoms with Gasteiger partial charge in [-0.1, -0.05) is 0 Å². The van der Waals surface area contributed by atoms with E-state index in [0.29, 0.717) is 18.6 Å². The van der Waals surface area contributed by atoms with Crippen LogP contribution in [0.3, 0.4) is 0 Å². The lowest BCUT2D eigenvalue weighted by molar-refractivity contribution is -0.134. The second-order valence-electron chi connectivity index (χ2n) is 6.66. The zero-order valence-electron chi connectivity index (χ0n) is 12.9. The van der Waals surface area contributed by atoms with E-state index in [1.165, 1.54) is 0 Å². The Labute approximate surface area is 127 Å². The summed E-state index contributed by atoms with van der Waals surface area (Å²) in [5, 5.41) is 9.99. The van der Waals surface area contributed by atoms with Gasteiger partial charge in [-0.3, -0.25) is 9.69 Å². The van der Waals surface area contributed by atoms with Crippen molar-refractivity contribution < 1.29 is 14.6 Å². The first-order chi connectivity index (χ1) is 10.2. The van der Waals surface area contributed by atoms with Crippen LogP contribution in [0.4, 0.5) is 0 Å². The summed E-state index contributed by atoms with van der Waals surface area (Å²) in [6.07, 6.45) is 7.07. The molecule has 2 heterocycles. The molecule has 3 aliphatic rings. The molecule has 0 aromatic carbocycles. The van der Waals surface area contributed by atoms with Crippen LogP contribution in [0, 0.1) is 0 Å². The van der Waals surface area contributed by atoms with Gasteiger partial charge in [-0.05, 0) is 38.5 Å². The lowest BCUT2D eigenvalue weighted by Gasteiger charge is -2.39. The van der Waals surface area contributed by atoms with Crippen molar-refractivity contribution in [3.63, 3.8) is 0 Å². The normalized spacial score (nSPS) is 34.5. The van der Waals surface area contributed by atoms with E-state index in [1.54, 1.807) is 0 Å². The molecule has 5 heteroatoms. The first-order valence-electron chi connectivity index (χ1n) is 8.55. The Balaban J connectivity index is 1.39. The number of hydrogen-bond donors (Lipinski definition) is 1. The lowest BCUT2D eigenvalue weighted by atomic mass is 10.1. The monoisotopic (exact) mass is 296 g/mol. The average molecular weight is 296 g/mol. The van der Waals surface area contributed by atoms with Gasteiger partial charge in [0.15, 0.2) is 0 Å². The van der Waals surface area contributed by atoms with Crippen LogP contribution in [0.15, 0.2) is 0 Å². The third-order valence-corrected chi connectivity index (χ3v) is 5.28. The molecule has 2 saturated heterocycles. The first-order valence-corrected chi connectivity index (χ1v) is 8.55. The average Bonchev–Trinajstić information content (AvgIpc) is 3.16. The molecule has 5 nitrogen and oxygen atoms in total. The van der Waals surface area contributed by atoms with Gasteiger partial charge < -0.3 is 14.7 Å². The molecule has 1 amide bonds. The minimum absolute atomic E-state index is 0.160. The van der Waals surface area contributed by atoms with Crippen LogP contribution >= 0.6 is 0 Å². The molecule has 21 heavy (non-hydrogen) atoms. The third-order valence-electron chi connectivity index (χ3n) is 5.28. The van der Waals surface area contributed by atoms with Crippen LogP contribution in [-0.2, 0) is 9.53 Å². The van der Waals surface area contributed by atoms with Gasteiger partial charge in [0, 0.05) is 45.2 Å². The topological polar surface area (TPSA) is 53.0 Å². The third kappa shape index (κ3) is 3.76. The number of nitrogens with zero attached hydrogens (tertiary/aromatic N) is 2. The Morgan fingerprint density at radius 1 is 1.10 bits per heavy atom. The Morgan fingerprint density at radius 3 is 2.52 bits per heavy atom. The second-order valence-corrected chi connectivity index (χ2v) is 6.66. The van der Waals surface area contributed by atoms with Crippen LogP contribution in [0.5, 0.6) is 0 Å². The second kappa shape index (κ2) is 7.07. The van der Waals surface area contributed by atoms with E-state index in [-0.39, 0.29) is 12.0 Å². The van der Waals surface area contributed by atoms with Crippen molar-refractivity contribution in [1.29, 1.82) is 0 Å². The van der Waals surface area contributed by atoms with E-state index in [1.807, 2.05) is 4.90 Å². The summed E-state index contributed by atoms with van der Waals surface area (Å²) in [6.45, 7) is 4.31. The van der Waals surface area contributed by atoms with Gasteiger partial charge in [-0.25, -0.2) is 0 Å². The van der Waals surface area contributed by atoms with Crippen molar-refractivity contribution in [3.05, 3.63) is 0 Å². The lowest BCUT2D eigenvalue weighted by Crippen LogP contribution is -2.53. The molecule has 0 radical (unpaired) electrons. The van der Waals surface area contributed by atoms with Crippen molar-refractivity contribution in [2.45, 2.75) is 63.2 Å². The molecule has 0 spiro atoms. The molecule has 1 saturated carbocycles. The quantitative estimate of drug-likeness (QED) is 0.841. The number of ether oxygens (including phenoxy) is 1. The Bertz CT molecular complexity index is 349. The molecule has 0 unspecified atom stereocenters. The van der Waals surface area contributed by atoms with Crippen molar-refractivity contribution >= 4 is 5.91 Å². The molecule has 0 aromatic rings. The summed E-state index contributed by atoms with van der Waals surface area (Å²) < 4.78 is 5.58. The predicted octanol–water partition coefficient (Wildman–Crippen LogP) is 1.00. The molecule has 120 valence electrons. The highest BCUT2D eigenvalue weighted by atomic mass is 16.5. The smallest absolute Gasteiger partial charge is 0.222 e. The molecule has 1 N–H and O–H groups in total. The van der Waals surface area contributed by atoms with E-state index in [9.17, 15) is 9.90 Å². The van der Waals surface area contributed by atoms with Crippen molar-refractivity contribution in [2.75, 3.05) is 32.8 Å². The minimum atomic E-state index is -0.160. The molecule has 2 aliphatic heterocycles. The summed E-state index contributed by atoms with van der Waals surface area (Å²) in [5.74, 6) is 0.275. The maximum atomic E-state index is 12.2. The van der Waals surface area contributed by atoms with E-state index in [2.05, 4.69) is 4.90 Å². The maximum Gasteiger partial charge on any atom is 0.222 e. The Morgan fingerprint density at radius 2 is 1.90 bits per heavy atom. The molecule has 1 aliphatic carbocycles. The molecule has 3 fully saturated rings. The van der Waals surface area contributed by atoms with E-state index in [4.69, 9.17) is 4.74 Å². The number of piperazine rings is 1. The summed E-state index contributed by atoms with van der Waals surface area (Å²) in [4.78, 5) is 16.6. The van der Waals surface area contributed by atoms with Gasteiger partial charge in [0.1, 0.15) is 0 Å². The highest BCUT2D eigenvalue weighted by molar-refractivity contribution is 5.76. The number of hydrogen-bond acceptors (Lipinski definition) is 4. The van der Waals surface area contributed by atoms with E-state index >= 15 is 0 Å². The minimum Gasteiger partial charge on any atom is -0.391 e. The molecular weight excluding hydrogens is 268 g/mol. The SMILES string of the molecule is O=C(CC[C@@H]1CCCO1)N1CCN([C@@H]2CCC[C@H]2O)CC1. The molecule has 3 atom stereocenters. The highest BCUT2D eigenvalue weighted by Gasteiger charge is 2.33. The number of aliphatic hydroxyl groups is 1. The summed E-state index contributed by atoms with van der Waals surface area (Å²) in [5.41, 5.74) is 0. The molecule has 0 bridgehead atoms. The summed E-state index contributed by atoms with van der Waals surface area (Å²) in [6, 6.07) is 0.328. The van der Waals surface area contributed by atoms with Crippen molar-refractivity contribution in [1.82, 2.24) is 9.80 Å². The zero-order chi connectivity index (χ0) is 14.7. The van der Waals surface area contributed by atoms with Gasteiger partial charge in [-0.15, -0.1) is 0 Å². The predicted molar refractivity (Wildman–Crippen MR) is 80.0 cm³/mol. The maximum absolute atomic E-state index is 12.2. The van der Waals surface area contributed by atoms with Gasteiger partial charge >= 0.3 is 0 Å². The summed E-state index contributed by atoms with van der Waals surface area (Å²) in [7, 11) is 0. The Hall–Kier alpha value is -0.650. The van der Waals surface area contributed by atoms with Crippen LogP contribution in [0.25, 0.3) is 0 Å². The van der Waals surface area contributed by atoms with Crippen molar-refractivity contribution in [3.8, 4) is 0 Å². The standard InChI is InChI=1S/C16H28N2O3/c19-15-5-1-4-14(15)17-8-10-18(11-9-17)16(20)7-6-13-3-2-12-21-13/h13-15,19H,1-12H2/t13-,14+,15+/m0/s1. The first kappa shape index (κ1) is 15.3. The van der Waals surface area contributed by atoms with E-state index < -0.39 is 0 Å². The Kier molecular flexibility index (Phi) is 5.14. The largest absolute Gasteiger partial charge is 0.391 e. The van der Waals surface area contributed by atoms with Crippen LogP contribution in [-0.4, -0.2) is 71.8 Å². The highest BCUT2D eigenvalue weighted by Crippen LogP contribution is 2.25. The molecule has 0 aromatic heterocycles.